The summed E-state index contributed by atoms with van der Waals surface area (Å²) in [5, 5.41) is 2.08. The average Bonchev–Trinajstić information content (AvgIpc) is 3.33. The van der Waals surface area contributed by atoms with Gasteiger partial charge in [-0.2, -0.15) is 0 Å². The molecule has 1 saturated carbocycles. The molecule has 2 aromatic heterocycles. The van der Waals surface area contributed by atoms with Gasteiger partial charge in [-0.3, -0.25) is 4.79 Å². The standard InChI is InChI=1S/C25H34N4OS/c1-24(2)14-18-15-25(3,16-24)17-29(18)23(30)19-7-8-20(21-6-5-13-31-21)26-22(19)28-11-9-27(4)10-12-28/h5-8,13,18H,9-12,14-17H2,1-4H3/t18-,25+/m1/s1. The van der Waals surface area contributed by atoms with Crippen molar-refractivity contribution in [3.05, 3.63) is 35.2 Å². The zero-order valence-corrected chi connectivity index (χ0v) is 20.0. The van der Waals surface area contributed by atoms with Gasteiger partial charge in [0.1, 0.15) is 5.82 Å². The summed E-state index contributed by atoms with van der Waals surface area (Å²) in [7, 11) is 2.16. The lowest BCUT2D eigenvalue weighted by Crippen LogP contribution is -2.46. The predicted octanol–water partition coefficient (Wildman–Crippen LogP) is 4.60. The minimum Gasteiger partial charge on any atom is -0.353 e. The minimum atomic E-state index is 0.172. The van der Waals surface area contributed by atoms with E-state index in [9.17, 15) is 4.79 Å². The molecule has 2 saturated heterocycles. The normalized spacial score (nSPS) is 28.2. The number of likely N-dealkylation sites (tertiary alicyclic amines) is 1. The Morgan fingerprint density at radius 2 is 1.87 bits per heavy atom. The van der Waals surface area contributed by atoms with Crippen molar-refractivity contribution < 1.29 is 4.79 Å². The number of hydrogen-bond acceptors (Lipinski definition) is 5. The first-order valence-corrected chi connectivity index (χ1v) is 12.4. The van der Waals surface area contributed by atoms with Crippen molar-refractivity contribution in [1.29, 1.82) is 0 Å². The van der Waals surface area contributed by atoms with Crippen molar-refractivity contribution in [2.75, 3.05) is 44.7 Å². The molecule has 0 radical (unpaired) electrons. The maximum Gasteiger partial charge on any atom is 0.257 e. The smallest absolute Gasteiger partial charge is 0.257 e. The van der Waals surface area contributed by atoms with Crippen LogP contribution in [0, 0.1) is 10.8 Å². The monoisotopic (exact) mass is 438 g/mol. The topological polar surface area (TPSA) is 39.7 Å². The van der Waals surface area contributed by atoms with E-state index < -0.39 is 0 Å². The molecule has 1 amide bonds. The Morgan fingerprint density at radius 3 is 2.58 bits per heavy atom. The highest BCUT2D eigenvalue weighted by Crippen LogP contribution is 2.53. The molecule has 2 bridgehead atoms. The summed E-state index contributed by atoms with van der Waals surface area (Å²) in [6.45, 7) is 11.8. The molecule has 2 aliphatic heterocycles. The largest absolute Gasteiger partial charge is 0.353 e. The number of rotatable bonds is 3. The molecule has 5 nitrogen and oxygen atoms in total. The van der Waals surface area contributed by atoms with E-state index in [4.69, 9.17) is 4.98 Å². The number of hydrogen-bond donors (Lipinski definition) is 0. The Balaban J connectivity index is 1.50. The third-order valence-corrected chi connectivity index (χ3v) is 8.25. The number of amides is 1. The molecule has 0 unspecified atom stereocenters. The predicted molar refractivity (Wildman–Crippen MR) is 128 cm³/mol. The van der Waals surface area contributed by atoms with Gasteiger partial charge in [0.15, 0.2) is 0 Å². The third-order valence-electron chi connectivity index (χ3n) is 7.36. The van der Waals surface area contributed by atoms with Crippen LogP contribution < -0.4 is 4.90 Å². The zero-order chi connectivity index (χ0) is 21.8. The quantitative estimate of drug-likeness (QED) is 0.702. The van der Waals surface area contributed by atoms with Crippen molar-refractivity contribution in [1.82, 2.24) is 14.8 Å². The van der Waals surface area contributed by atoms with E-state index in [2.05, 4.69) is 60.0 Å². The molecule has 6 heteroatoms. The summed E-state index contributed by atoms with van der Waals surface area (Å²) in [6, 6.07) is 8.58. The lowest BCUT2D eigenvalue weighted by molar-refractivity contribution is 0.0708. The van der Waals surface area contributed by atoms with Crippen molar-refractivity contribution in [2.45, 2.75) is 46.1 Å². The fourth-order valence-electron chi connectivity index (χ4n) is 6.29. The molecule has 5 rings (SSSR count). The number of pyridine rings is 1. The Bertz CT molecular complexity index is 964. The van der Waals surface area contributed by atoms with Crippen LogP contribution in [0.2, 0.25) is 0 Å². The third kappa shape index (κ3) is 4.00. The number of nitrogens with zero attached hydrogens (tertiary/aromatic N) is 4. The van der Waals surface area contributed by atoms with E-state index in [-0.39, 0.29) is 11.3 Å². The van der Waals surface area contributed by atoms with Crippen LogP contribution in [0.1, 0.15) is 50.4 Å². The molecule has 166 valence electrons. The summed E-state index contributed by atoms with van der Waals surface area (Å²) >= 11 is 1.70. The van der Waals surface area contributed by atoms with Crippen LogP contribution in [-0.4, -0.2) is 66.5 Å². The van der Waals surface area contributed by atoms with E-state index in [0.29, 0.717) is 11.5 Å². The summed E-state index contributed by atoms with van der Waals surface area (Å²) in [5.41, 5.74) is 2.28. The highest BCUT2D eigenvalue weighted by molar-refractivity contribution is 7.13. The van der Waals surface area contributed by atoms with Gasteiger partial charge in [-0.1, -0.05) is 26.8 Å². The fraction of sp³-hybridized carbons (Fsp3) is 0.600. The number of anilines is 1. The molecule has 4 heterocycles. The lowest BCUT2D eigenvalue weighted by atomic mass is 9.65. The highest BCUT2D eigenvalue weighted by Gasteiger charge is 2.51. The second-order valence-corrected chi connectivity index (χ2v) is 11.9. The van der Waals surface area contributed by atoms with Gasteiger partial charge in [0.05, 0.1) is 16.1 Å². The SMILES string of the molecule is CN1CCN(c2nc(-c3cccs3)ccc2C(=O)N2C[C@@]3(C)C[C@H]2CC(C)(C)C3)CC1. The van der Waals surface area contributed by atoms with Crippen LogP contribution >= 0.6 is 11.3 Å². The van der Waals surface area contributed by atoms with Crippen LogP contribution in [0.4, 0.5) is 5.82 Å². The van der Waals surface area contributed by atoms with Crippen LogP contribution in [0.5, 0.6) is 0 Å². The molecule has 2 aromatic rings. The number of carbonyl (C=O) groups excluding carboxylic acids is 1. The van der Waals surface area contributed by atoms with Gasteiger partial charge >= 0.3 is 0 Å². The van der Waals surface area contributed by atoms with Crippen LogP contribution in [0.15, 0.2) is 29.6 Å². The van der Waals surface area contributed by atoms with E-state index in [1.54, 1.807) is 11.3 Å². The van der Waals surface area contributed by atoms with Gasteiger partial charge in [-0.15, -0.1) is 11.3 Å². The first kappa shape index (κ1) is 21.0. The number of aromatic nitrogens is 1. The molecular formula is C25H34N4OS. The Morgan fingerprint density at radius 1 is 1.10 bits per heavy atom. The maximum absolute atomic E-state index is 13.9. The molecule has 2 atom stereocenters. The number of carbonyl (C=O) groups is 1. The molecule has 0 aromatic carbocycles. The second-order valence-electron chi connectivity index (χ2n) is 11.0. The Kier molecular flexibility index (Phi) is 5.13. The van der Waals surface area contributed by atoms with E-state index in [0.717, 1.165) is 67.5 Å². The van der Waals surface area contributed by atoms with Crippen molar-refractivity contribution in [3.8, 4) is 10.6 Å². The molecule has 3 aliphatic rings. The summed E-state index contributed by atoms with van der Waals surface area (Å²) in [6.07, 6.45) is 3.42. The Hall–Kier alpha value is -1.92. The van der Waals surface area contributed by atoms with E-state index in [1.165, 1.54) is 6.42 Å². The summed E-state index contributed by atoms with van der Waals surface area (Å²) in [5.74, 6) is 1.04. The van der Waals surface area contributed by atoms with Crippen LogP contribution in [-0.2, 0) is 0 Å². The molecule has 3 fully saturated rings. The van der Waals surface area contributed by atoms with Crippen molar-refractivity contribution in [2.24, 2.45) is 10.8 Å². The first-order chi connectivity index (χ1) is 14.7. The number of piperazine rings is 1. The highest BCUT2D eigenvalue weighted by atomic mass is 32.1. The van der Waals surface area contributed by atoms with Crippen molar-refractivity contribution in [3.63, 3.8) is 0 Å². The van der Waals surface area contributed by atoms with Gasteiger partial charge in [0.2, 0.25) is 0 Å². The van der Waals surface area contributed by atoms with Gasteiger partial charge < -0.3 is 14.7 Å². The number of fused-ring (bicyclic) bond motifs is 2. The zero-order valence-electron chi connectivity index (χ0n) is 19.2. The summed E-state index contributed by atoms with van der Waals surface area (Å²) in [4.78, 5) is 27.0. The molecular weight excluding hydrogens is 404 g/mol. The van der Waals surface area contributed by atoms with E-state index >= 15 is 0 Å². The molecule has 1 aliphatic carbocycles. The molecule has 0 N–H and O–H groups in total. The van der Waals surface area contributed by atoms with E-state index in [1.807, 2.05) is 12.1 Å². The lowest BCUT2D eigenvalue weighted by Gasteiger charge is -2.39. The minimum absolute atomic E-state index is 0.172. The number of thiophene rings is 1. The first-order valence-electron chi connectivity index (χ1n) is 11.5. The van der Waals surface area contributed by atoms with Crippen molar-refractivity contribution >= 4 is 23.1 Å². The average molecular weight is 439 g/mol. The molecule has 31 heavy (non-hydrogen) atoms. The molecule has 0 spiro atoms. The summed E-state index contributed by atoms with van der Waals surface area (Å²) < 4.78 is 0. The number of likely N-dealkylation sites (N-methyl/N-ethyl adjacent to an activating group) is 1. The maximum atomic E-state index is 13.9. The van der Waals surface area contributed by atoms with Gasteiger partial charge in [0.25, 0.3) is 5.91 Å². The Labute approximate surface area is 190 Å². The van der Waals surface area contributed by atoms with Gasteiger partial charge in [-0.25, -0.2) is 4.98 Å². The van der Waals surface area contributed by atoms with Crippen LogP contribution in [0.25, 0.3) is 10.6 Å². The second kappa shape index (κ2) is 7.59. The fourth-order valence-corrected chi connectivity index (χ4v) is 6.98. The van der Waals surface area contributed by atoms with Gasteiger partial charge in [-0.05, 0) is 60.7 Å². The van der Waals surface area contributed by atoms with Crippen LogP contribution in [0.3, 0.4) is 0 Å². The van der Waals surface area contributed by atoms with Gasteiger partial charge in [0, 0.05) is 38.8 Å².